The number of nitrogens with zero attached hydrogens (tertiary/aromatic N) is 1. The average molecular weight is 298 g/mol. The molecule has 0 saturated carbocycles. The van der Waals surface area contributed by atoms with Gasteiger partial charge in [0.1, 0.15) is 11.6 Å². The number of morpholine rings is 1. The zero-order chi connectivity index (χ0) is 15.0. The van der Waals surface area contributed by atoms with Gasteiger partial charge in [0, 0.05) is 24.2 Å². The third kappa shape index (κ3) is 2.64. The zero-order valence-electron chi connectivity index (χ0n) is 11.3. The Morgan fingerprint density at radius 2 is 1.95 bits per heavy atom. The van der Waals surface area contributed by atoms with Crippen molar-refractivity contribution in [2.75, 3.05) is 13.2 Å². The molecule has 0 aliphatic carbocycles. The van der Waals surface area contributed by atoms with Gasteiger partial charge in [0.25, 0.3) is 5.91 Å². The number of nitrogens with one attached hydrogen (secondary N) is 1. The fourth-order valence-corrected chi connectivity index (χ4v) is 3.11. The Morgan fingerprint density at radius 3 is 2.57 bits per heavy atom. The van der Waals surface area contributed by atoms with Gasteiger partial charge in [0.05, 0.1) is 18.8 Å². The number of benzene rings is 1. The summed E-state index contributed by atoms with van der Waals surface area (Å²) in [7, 11) is 0. The SMILES string of the molecule is O=C(NO)c1cc(F)c(CN2C3CCC2COC3)cc1F. The van der Waals surface area contributed by atoms with Crippen molar-refractivity contribution < 1.29 is 23.5 Å². The molecular formula is C14H16F2N2O3. The van der Waals surface area contributed by atoms with Crippen molar-refractivity contribution >= 4 is 5.91 Å². The fourth-order valence-electron chi connectivity index (χ4n) is 3.11. The highest BCUT2D eigenvalue weighted by molar-refractivity contribution is 5.93. The van der Waals surface area contributed by atoms with E-state index in [9.17, 15) is 13.6 Å². The van der Waals surface area contributed by atoms with Gasteiger partial charge in [-0.1, -0.05) is 0 Å². The van der Waals surface area contributed by atoms with Gasteiger partial charge < -0.3 is 4.74 Å². The second-order valence-corrected chi connectivity index (χ2v) is 5.46. The first-order valence-corrected chi connectivity index (χ1v) is 6.86. The summed E-state index contributed by atoms with van der Waals surface area (Å²) in [6.45, 7) is 1.53. The summed E-state index contributed by atoms with van der Waals surface area (Å²) in [5.74, 6) is -2.57. The van der Waals surface area contributed by atoms with Gasteiger partial charge in [0.15, 0.2) is 0 Å². The van der Waals surface area contributed by atoms with Crippen LogP contribution in [0.3, 0.4) is 0 Å². The smallest absolute Gasteiger partial charge is 0.277 e. The standard InChI is InChI=1S/C14H16F2N2O3/c15-12-4-11(14(19)17-20)13(16)3-8(12)5-18-9-1-2-10(18)7-21-6-9/h3-4,9-10,20H,1-2,5-7H2,(H,17,19). The monoisotopic (exact) mass is 298 g/mol. The van der Waals surface area contributed by atoms with Gasteiger partial charge in [-0.2, -0.15) is 0 Å². The van der Waals surface area contributed by atoms with Crippen molar-refractivity contribution in [3.63, 3.8) is 0 Å². The van der Waals surface area contributed by atoms with Crippen molar-refractivity contribution in [3.8, 4) is 0 Å². The lowest BCUT2D eigenvalue weighted by molar-refractivity contribution is -0.0191. The van der Waals surface area contributed by atoms with E-state index in [0.717, 1.165) is 25.0 Å². The Hall–Kier alpha value is -1.57. The van der Waals surface area contributed by atoms with Gasteiger partial charge in [-0.05, 0) is 25.0 Å². The van der Waals surface area contributed by atoms with Gasteiger partial charge in [0.2, 0.25) is 0 Å². The van der Waals surface area contributed by atoms with E-state index in [1.165, 1.54) is 5.48 Å². The van der Waals surface area contributed by atoms with E-state index in [1.54, 1.807) is 0 Å². The highest BCUT2D eigenvalue weighted by Crippen LogP contribution is 2.31. The van der Waals surface area contributed by atoms with E-state index >= 15 is 0 Å². The van der Waals surface area contributed by atoms with E-state index in [0.29, 0.717) is 19.8 Å². The van der Waals surface area contributed by atoms with Crippen LogP contribution in [0.4, 0.5) is 8.78 Å². The molecule has 1 amide bonds. The molecule has 0 spiro atoms. The summed E-state index contributed by atoms with van der Waals surface area (Å²) in [5.41, 5.74) is 1.00. The first-order valence-electron chi connectivity index (χ1n) is 6.86. The first-order chi connectivity index (χ1) is 10.1. The summed E-state index contributed by atoms with van der Waals surface area (Å²) >= 11 is 0. The van der Waals surface area contributed by atoms with Crippen molar-refractivity contribution in [1.29, 1.82) is 0 Å². The van der Waals surface area contributed by atoms with Crippen LogP contribution in [0.5, 0.6) is 0 Å². The van der Waals surface area contributed by atoms with Crippen LogP contribution >= 0.6 is 0 Å². The third-order valence-electron chi connectivity index (χ3n) is 4.23. The van der Waals surface area contributed by atoms with Gasteiger partial charge in [-0.25, -0.2) is 14.3 Å². The number of carbonyl (C=O) groups is 1. The molecule has 5 nitrogen and oxygen atoms in total. The fraction of sp³-hybridized carbons (Fsp3) is 0.500. The van der Waals surface area contributed by atoms with Gasteiger partial charge in [-0.3, -0.25) is 14.9 Å². The number of halogens is 2. The molecule has 2 fully saturated rings. The maximum Gasteiger partial charge on any atom is 0.277 e. The zero-order valence-corrected chi connectivity index (χ0v) is 11.3. The predicted octanol–water partition coefficient (Wildman–Crippen LogP) is 1.45. The van der Waals surface area contributed by atoms with E-state index in [1.807, 2.05) is 0 Å². The number of carbonyl (C=O) groups excluding carboxylic acids is 1. The molecule has 3 rings (SSSR count). The first kappa shape index (κ1) is 14.4. The molecule has 2 N–H and O–H groups in total. The molecule has 7 heteroatoms. The van der Waals surface area contributed by atoms with Gasteiger partial charge >= 0.3 is 0 Å². The minimum absolute atomic E-state index is 0.209. The maximum atomic E-state index is 14.1. The number of fused-ring (bicyclic) bond motifs is 2. The number of hydrogen-bond acceptors (Lipinski definition) is 4. The van der Waals surface area contributed by atoms with E-state index in [2.05, 4.69) is 4.90 Å². The second-order valence-electron chi connectivity index (χ2n) is 5.46. The normalized spacial score (nSPS) is 25.1. The lowest BCUT2D eigenvalue weighted by Gasteiger charge is -2.34. The number of hydroxylamine groups is 1. The van der Waals surface area contributed by atoms with E-state index in [4.69, 9.17) is 9.94 Å². The predicted molar refractivity (Wildman–Crippen MR) is 68.8 cm³/mol. The molecular weight excluding hydrogens is 282 g/mol. The Morgan fingerprint density at radius 1 is 1.29 bits per heavy atom. The van der Waals surface area contributed by atoms with Crippen LogP contribution in [-0.2, 0) is 11.3 Å². The lowest BCUT2D eigenvalue weighted by atomic mass is 10.1. The minimum Gasteiger partial charge on any atom is -0.378 e. The summed E-state index contributed by atoms with van der Waals surface area (Å²) in [5, 5.41) is 8.50. The second kappa shape index (κ2) is 5.67. The lowest BCUT2D eigenvalue weighted by Crippen LogP contribution is -2.45. The Kier molecular flexibility index (Phi) is 3.88. The number of ether oxygens (including phenoxy) is 1. The maximum absolute atomic E-state index is 14.1. The summed E-state index contributed by atoms with van der Waals surface area (Å²) in [4.78, 5) is 13.3. The van der Waals surface area contributed by atoms with Gasteiger partial charge in [-0.15, -0.1) is 0 Å². The molecule has 0 aromatic heterocycles. The van der Waals surface area contributed by atoms with Crippen LogP contribution in [0.25, 0.3) is 0 Å². The average Bonchev–Trinajstić information content (AvgIpc) is 2.71. The number of rotatable bonds is 3. The molecule has 2 unspecified atom stereocenters. The summed E-state index contributed by atoms with van der Waals surface area (Å²) in [6.07, 6.45) is 2.00. The van der Waals surface area contributed by atoms with Crippen LogP contribution in [0.1, 0.15) is 28.8 Å². The van der Waals surface area contributed by atoms with Crippen LogP contribution in [0, 0.1) is 11.6 Å². The van der Waals surface area contributed by atoms with Crippen LogP contribution in [0.2, 0.25) is 0 Å². The van der Waals surface area contributed by atoms with Crippen LogP contribution in [0.15, 0.2) is 12.1 Å². The molecule has 1 aromatic rings. The molecule has 2 atom stereocenters. The van der Waals surface area contributed by atoms with Crippen molar-refractivity contribution in [1.82, 2.24) is 10.4 Å². The molecule has 21 heavy (non-hydrogen) atoms. The Balaban J connectivity index is 1.83. The van der Waals surface area contributed by atoms with E-state index in [-0.39, 0.29) is 17.6 Å². The largest absolute Gasteiger partial charge is 0.378 e. The molecule has 114 valence electrons. The molecule has 1 aromatic carbocycles. The third-order valence-corrected chi connectivity index (χ3v) is 4.23. The van der Waals surface area contributed by atoms with Crippen molar-refractivity contribution in [2.24, 2.45) is 0 Å². The molecule has 2 saturated heterocycles. The topological polar surface area (TPSA) is 61.8 Å². The quantitative estimate of drug-likeness (QED) is 0.655. The van der Waals surface area contributed by atoms with Crippen molar-refractivity contribution in [2.45, 2.75) is 31.5 Å². The Bertz CT molecular complexity index is 551. The molecule has 2 aliphatic rings. The molecule has 2 heterocycles. The number of hydrogen-bond donors (Lipinski definition) is 2. The Labute approximate surface area is 120 Å². The molecule has 0 radical (unpaired) electrons. The molecule has 2 aliphatic heterocycles. The summed E-state index contributed by atoms with van der Waals surface area (Å²) < 4.78 is 33.4. The van der Waals surface area contributed by atoms with Crippen LogP contribution in [-0.4, -0.2) is 41.3 Å². The summed E-state index contributed by atoms with van der Waals surface area (Å²) in [6, 6.07) is 2.33. The number of amides is 1. The highest BCUT2D eigenvalue weighted by Gasteiger charge is 2.37. The molecule has 2 bridgehead atoms. The van der Waals surface area contributed by atoms with Crippen LogP contribution < -0.4 is 5.48 Å². The highest BCUT2D eigenvalue weighted by atomic mass is 19.1. The van der Waals surface area contributed by atoms with E-state index < -0.39 is 23.1 Å². The van der Waals surface area contributed by atoms with Crippen molar-refractivity contribution in [3.05, 3.63) is 34.9 Å². The minimum atomic E-state index is -1.07.